The van der Waals surface area contributed by atoms with E-state index >= 15 is 0 Å². The Balaban J connectivity index is 1.76. The zero-order valence-corrected chi connectivity index (χ0v) is 20.2. The largest absolute Gasteiger partial charge is 0.497 e. The van der Waals surface area contributed by atoms with Crippen LogP contribution in [0.2, 0.25) is 0 Å². The number of carbonyl (C=O) groups is 1. The lowest BCUT2D eigenvalue weighted by molar-refractivity contribution is -0.118. The highest BCUT2D eigenvalue weighted by Crippen LogP contribution is 2.52. The van der Waals surface area contributed by atoms with Gasteiger partial charge < -0.3 is 24.7 Å². The smallest absolute Gasteiger partial charge is 0.231 e. The fourth-order valence-electron chi connectivity index (χ4n) is 5.18. The number of nitrogens with zero attached hydrogens (tertiary/aromatic N) is 2. The van der Waals surface area contributed by atoms with Crippen molar-refractivity contribution in [3.05, 3.63) is 64.6 Å². The van der Waals surface area contributed by atoms with Crippen molar-refractivity contribution in [3.8, 4) is 29.1 Å². The van der Waals surface area contributed by atoms with Gasteiger partial charge >= 0.3 is 0 Å². The molecule has 1 atom stereocenters. The minimum atomic E-state index is -0.603. The van der Waals surface area contributed by atoms with Crippen LogP contribution in [0.3, 0.4) is 0 Å². The first-order chi connectivity index (χ1) is 16.8. The van der Waals surface area contributed by atoms with Crippen LogP contribution >= 0.6 is 0 Å². The van der Waals surface area contributed by atoms with Crippen LogP contribution in [0.5, 0.6) is 23.0 Å². The second kappa shape index (κ2) is 8.27. The summed E-state index contributed by atoms with van der Waals surface area (Å²) in [6.45, 7) is 4.26. The Hall–Kier alpha value is -4.12. The van der Waals surface area contributed by atoms with Gasteiger partial charge in [0.1, 0.15) is 17.3 Å². The third-order valence-electron chi connectivity index (χ3n) is 6.74. The van der Waals surface area contributed by atoms with Gasteiger partial charge in [0.25, 0.3) is 0 Å². The molecule has 35 heavy (non-hydrogen) atoms. The van der Waals surface area contributed by atoms with Gasteiger partial charge in [-0.05, 0) is 41.7 Å². The van der Waals surface area contributed by atoms with E-state index in [1.807, 2.05) is 18.2 Å². The molecule has 2 N–H and O–H groups in total. The van der Waals surface area contributed by atoms with Crippen molar-refractivity contribution in [1.29, 1.82) is 5.26 Å². The van der Waals surface area contributed by atoms with E-state index in [4.69, 9.17) is 24.7 Å². The Bertz CT molecular complexity index is 1330. The number of rotatable bonds is 4. The van der Waals surface area contributed by atoms with E-state index in [0.717, 1.165) is 11.3 Å². The summed E-state index contributed by atoms with van der Waals surface area (Å²) in [6.07, 6.45) is 0.975. The van der Waals surface area contributed by atoms with E-state index < -0.39 is 5.92 Å². The Labute approximate surface area is 204 Å². The predicted molar refractivity (Wildman–Crippen MR) is 129 cm³/mol. The van der Waals surface area contributed by atoms with Gasteiger partial charge in [-0.15, -0.1) is 0 Å². The molecular weight excluding hydrogens is 446 g/mol. The second-order valence-corrected chi connectivity index (χ2v) is 9.63. The predicted octanol–water partition coefficient (Wildman–Crippen LogP) is 4.37. The first-order valence-corrected chi connectivity index (χ1v) is 11.4. The number of hydrogen-bond acceptors (Lipinski definition) is 8. The Morgan fingerprint density at radius 2 is 1.86 bits per heavy atom. The van der Waals surface area contributed by atoms with Gasteiger partial charge in [-0.2, -0.15) is 5.26 Å². The molecule has 0 fully saturated rings. The van der Waals surface area contributed by atoms with Crippen molar-refractivity contribution in [1.82, 2.24) is 0 Å². The number of allylic oxidation sites excluding steroid dienone is 3. The number of fused-ring (bicyclic) bond motifs is 1. The van der Waals surface area contributed by atoms with Crippen molar-refractivity contribution in [2.24, 2.45) is 11.1 Å². The van der Waals surface area contributed by atoms with Crippen molar-refractivity contribution in [2.75, 3.05) is 25.9 Å². The summed E-state index contributed by atoms with van der Waals surface area (Å²) < 4.78 is 22.0. The lowest BCUT2D eigenvalue weighted by Crippen LogP contribution is -2.42. The number of methoxy groups -OCH3 is 2. The quantitative estimate of drug-likeness (QED) is 0.698. The number of nitrogens with two attached hydrogens (primary N) is 1. The molecule has 0 spiro atoms. The summed E-state index contributed by atoms with van der Waals surface area (Å²) >= 11 is 0. The normalized spacial score (nSPS) is 20.5. The molecular formula is C27H27N3O5. The maximum absolute atomic E-state index is 13.7. The fraction of sp³-hybridized carbons (Fsp3) is 0.333. The maximum atomic E-state index is 13.7. The zero-order valence-electron chi connectivity index (χ0n) is 20.2. The van der Waals surface area contributed by atoms with Crippen LogP contribution in [0.1, 0.15) is 38.2 Å². The summed E-state index contributed by atoms with van der Waals surface area (Å²) in [5, 5.41) is 10.3. The maximum Gasteiger partial charge on any atom is 0.231 e. The van der Waals surface area contributed by atoms with Gasteiger partial charge in [0.2, 0.25) is 6.79 Å². The molecule has 2 aromatic carbocycles. The first-order valence-electron chi connectivity index (χ1n) is 11.4. The second-order valence-electron chi connectivity index (χ2n) is 9.63. The van der Waals surface area contributed by atoms with Gasteiger partial charge in [-0.25, -0.2) is 0 Å². The molecule has 180 valence electrons. The third kappa shape index (κ3) is 3.64. The lowest BCUT2D eigenvalue weighted by Gasteiger charge is -2.44. The average molecular weight is 474 g/mol. The third-order valence-corrected chi connectivity index (χ3v) is 6.74. The van der Waals surface area contributed by atoms with Gasteiger partial charge in [0.15, 0.2) is 17.3 Å². The van der Waals surface area contributed by atoms with Crippen LogP contribution in [0.15, 0.2) is 59.1 Å². The summed E-state index contributed by atoms with van der Waals surface area (Å²) in [7, 11) is 3.14. The molecule has 0 radical (unpaired) electrons. The number of nitriles is 1. The van der Waals surface area contributed by atoms with E-state index in [1.165, 1.54) is 0 Å². The molecule has 8 heteroatoms. The van der Waals surface area contributed by atoms with Gasteiger partial charge in [0.05, 0.1) is 37.5 Å². The average Bonchev–Trinajstić information content (AvgIpc) is 3.30. The number of ketones is 1. The van der Waals surface area contributed by atoms with E-state index in [2.05, 4.69) is 19.9 Å². The Morgan fingerprint density at radius 1 is 1.09 bits per heavy atom. The van der Waals surface area contributed by atoms with Crippen LogP contribution < -0.4 is 29.6 Å². The molecule has 0 unspecified atom stereocenters. The highest BCUT2D eigenvalue weighted by molar-refractivity contribution is 6.02. The van der Waals surface area contributed by atoms with Crippen LogP contribution in [0.4, 0.5) is 5.69 Å². The fourth-order valence-corrected chi connectivity index (χ4v) is 5.18. The number of benzene rings is 2. The van der Waals surface area contributed by atoms with Gasteiger partial charge in [0, 0.05) is 23.8 Å². The molecule has 3 aliphatic rings. The number of hydrogen-bond donors (Lipinski definition) is 1. The van der Waals surface area contributed by atoms with E-state index in [0.29, 0.717) is 52.7 Å². The van der Waals surface area contributed by atoms with Gasteiger partial charge in [-0.1, -0.05) is 19.9 Å². The summed E-state index contributed by atoms with van der Waals surface area (Å²) in [5.41, 5.74) is 9.50. The Morgan fingerprint density at radius 3 is 2.57 bits per heavy atom. The highest BCUT2D eigenvalue weighted by atomic mass is 16.7. The minimum absolute atomic E-state index is 0.00311. The number of carbonyl (C=O) groups excluding carboxylic acids is 1. The molecule has 8 nitrogen and oxygen atoms in total. The zero-order chi connectivity index (χ0) is 24.9. The van der Waals surface area contributed by atoms with Crippen molar-refractivity contribution in [2.45, 2.75) is 32.6 Å². The molecule has 0 bridgehead atoms. The topological polar surface area (TPSA) is 107 Å². The number of ether oxygens (including phenoxy) is 4. The Kier molecular flexibility index (Phi) is 5.36. The van der Waals surface area contributed by atoms with E-state index in [1.54, 1.807) is 37.3 Å². The molecule has 1 aliphatic carbocycles. The van der Waals surface area contributed by atoms with Crippen LogP contribution in [-0.4, -0.2) is 26.8 Å². The van der Waals surface area contributed by atoms with Crippen molar-refractivity contribution >= 4 is 11.5 Å². The molecule has 0 saturated heterocycles. The summed E-state index contributed by atoms with van der Waals surface area (Å²) in [6, 6.07) is 13.2. The lowest BCUT2D eigenvalue weighted by atomic mass is 9.68. The van der Waals surface area contributed by atoms with Crippen molar-refractivity contribution < 1.29 is 23.7 Å². The molecule has 0 aromatic heterocycles. The van der Waals surface area contributed by atoms with Crippen LogP contribution in [-0.2, 0) is 4.79 Å². The molecule has 0 amide bonds. The van der Waals surface area contributed by atoms with Crippen LogP contribution in [0, 0.1) is 16.7 Å². The number of Topliss-reactive ketones (excluding diaryl/α,β-unsaturated/α-hetero) is 1. The number of anilines is 1. The molecule has 2 heterocycles. The first kappa shape index (κ1) is 22.7. The SMILES string of the molecule is COc1ccc(N2C(N)=C(C#N)[C@H](c3ccc4c(c3)OCO4)C3=C2CC(C)(C)CC3=O)c(OC)c1. The van der Waals surface area contributed by atoms with Crippen LogP contribution in [0.25, 0.3) is 0 Å². The minimum Gasteiger partial charge on any atom is -0.497 e. The molecule has 2 aliphatic heterocycles. The monoisotopic (exact) mass is 473 g/mol. The standard InChI is InChI=1S/C27H27N3O5/c1-27(2)11-19-25(20(31)12-27)24(15-5-8-21-23(9-15)35-14-34-21)17(13-28)26(29)30(19)18-7-6-16(32-3)10-22(18)33-4/h5-10,24H,11-12,14,29H2,1-4H3/t24-/m0/s1. The summed E-state index contributed by atoms with van der Waals surface area (Å²) in [5.74, 6) is 2.03. The molecule has 5 rings (SSSR count). The van der Waals surface area contributed by atoms with E-state index in [-0.39, 0.29) is 23.8 Å². The van der Waals surface area contributed by atoms with Crippen molar-refractivity contribution in [3.63, 3.8) is 0 Å². The van der Waals surface area contributed by atoms with E-state index in [9.17, 15) is 10.1 Å². The van der Waals surface area contributed by atoms with Gasteiger partial charge in [-0.3, -0.25) is 9.69 Å². The molecule has 2 aromatic rings. The molecule has 0 saturated carbocycles. The highest BCUT2D eigenvalue weighted by Gasteiger charge is 2.45. The summed E-state index contributed by atoms with van der Waals surface area (Å²) in [4.78, 5) is 15.5.